The fourth-order valence-corrected chi connectivity index (χ4v) is 1.28. The lowest BCUT2D eigenvalue weighted by Crippen LogP contribution is -2.24. The van der Waals surface area contributed by atoms with E-state index in [0.29, 0.717) is 37.5 Å². The summed E-state index contributed by atoms with van der Waals surface area (Å²) in [6.45, 7) is 5.12. The van der Waals surface area contributed by atoms with Gasteiger partial charge in [0.25, 0.3) is 10.1 Å². The summed E-state index contributed by atoms with van der Waals surface area (Å²) < 4.78 is 31.0. The van der Waals surface area contributed by atoms with Crippen molar-refractivity contribution in [3.63, 3.8) is 0 Å². The van der Waals surface area contributed by atoms with Crippen LogP contribution in [-0.2, 0) is 24.4 Å². The van der Waals surface area contributed by atoms with Crippen LogP contribution in [-0.4, -0.2) is 37.1 Å². The summed E-state index contributed by atoms with van der Waals surface area (Å²) in [7, 11) is -3.67. The van der Waals surface area contributed by atoms with Gasteiger partial charge in [-0.15, -0.1) is 0 Å². The first-order valence-corrected chi connectivity index (χ1v) is 7.25. The van der Waals surface area contributed by atoms with Crippen LogP contribution in [0.3, 0.4) is 0 Å². The molecule has 0 unspecified atom stereocenters. The molecule has 6 nitrogen and oxygen atoms in total. The molecule has 0 atom stereocenters. The minimum absolute atomic E-state index is 0.0816. The Kier molecular flexibility index (Phi) is 6.79. The smallest absolute Gasteiger partial charge is 0.333 e. The highest BCUT2D eigenvalue weighted by atomic mass is 32.2. The van der Waals surface area contributed by atoms with Gasteiger partial charge in [-0.2, -0.15) is 8.42 Å². The van der Waals surface area contributed by atoms with Crippen LogP contribution in [0.5, 0.6) is 0 Å². The molecular weight excluding hydrogens is 260 g/mol. The third-order valence-corrected chi connectivity index (χ3v) is 2.11. The zero-order valence-electron chi connectivity index (χ0n) is 10.5. The third kappa shape index (κ3) is 9.98. The van der Waals surface area contributed by atoms with E-state index in [2.05, 4.69) is 6.58 Å². The average molecular weight is 278 g/mol. The SMILES string of the molecule is C=C(C)C(=O)OC1CCC(=O)CC1.CS(=O)(=O)O. The van der Waals surface area contributed by atoms with Gasteiger partial charge in [-0.05, 0) is 19.8 Å². The molecule has 104 valence electrons. The number of hydrogen-bond donors (Lipinski definition) is 1. The highest BCUT2D eigenvalue weighted by molar-refractivity contribution is 7.85. The Hall–Kier alpha value is -1.21. The number of rotatable bonds is 2. The molecule has 0 amide bonds. The normalized spacial score (nSPS) is 16.5. The summed E-state index contributed by atoms with van der Waals surface area (Å²) in [6, 6.07) is 0. The van der Waals surface area contributed by atoms with E-state index in [-0.39, 0.29) is 17.9 Å². The van der Waals surface area contributed by atoms with Crippen LogP contribution in [0.4, 0.5) is 0 Å². The van der Waals surface area contributed by atoms with Crippen molar-refractivity contribution < 1.29 is 27.3 Å². The summed E-state index contributed by atoms with van der Waals surface area (Å²) >= 11 is 0. The van der Waals surface area contributed by atoms with Gasteiger partial charge in [-0.3, -0.25) is 9.35 Å². The molecule has 0 bridgehead atoms. The molecular formula is C11H18O6S. The predicted octanol–water partition coefficient (Wildman–Crippen LogP) is 1.12. The molecule has 0 radical (unpaired) electrons. The number of ether oxygens (including phenoxy) is 1. The number of carbonyl (C=O) groups is 2. The van der Waals surface area contributed by atoms with E-state index < -0.39 is 10.1 Å². The summed E-state index contributed by atoms with van der Waals surface area (Å²) in [6.07, 6.45) is 3.03. The number of carbonyl (C=O) groups excluding carboxylic acids is 2. The van der Waals surface area contributed by atoms with Crippen LogP contribution in [0.25, 0.3) is 0 Å². The molecule has 1 saturated carbocycles. The zero-order valence-corrected chi connectivity index (χ0v) is 11.3. The first kappa shape index (κ1) is 16.8. The minimum atomic E-state index is -3.67. The standard InChI is InChI=1S/C10H14O3.CH4O3S/c1-7(2)10(12)13-9-5-3-8(11)4-6-9;1-5(2,3)4/h9H,1,3-6H2,2H3;1H3,(H,2,3,4). The lowest BCUT2D eigenvalue weighted by atomic mass is 9.96. The Labute approximate surface area is 107 Å². The fraction of sp³-hybridized carbons (Fsp3) is 0.636. The lowest BCUT2D eigenvalue weighted by molar-refractivity contribution is -0.147. The van der Waals surface area contributed by atoms with Gasteiger partial charge in [0.15, 0.2) is 0 Å². The Balaban J connectivity index is 0.000000494. The lowest BCUT2D eigenvalue weighted by Gasteiger charge is -2.21. The summed E-state index contributed by atoms with van der Waals surface area (Å²) in [4.78, 5) is 22.0. The molecule has 18 heavy (non-hydrogen) atoms. The molecule has 0 aromatic carbocycles. The molecule has 0 spiro atoms. The van der Waals surface area contributed by atoms with Crippen LogP contribution >= 0.6 is 0 Å². The fourth-order valence-electron chi connectivity index (χ4n) is 1.28. The van der Waals surface area contributed by atoms with E-state index in [1.165, 1.54) is 0 Å². The Morgan fingerprint density at radius 3 is 2.11 bits per heavy atom. The second-order valence-corrected chi connectivity index (χ2v) is 5.62. The van der Waals surface area contributed by atoms with Crippen molar-refractivity contribution in [2.45, 2.75) is 38.7 Å². The highest BCUT2D eigenvalue weighted by Crippen LogP contribution is 2.18. The Morgan fingerprint density at radius 1 is 1.39 bits per heavy atom. The maximum atomic E-state index is 11.1. The van der Waals surface area contributed by atoms with Crippen LogP contribution in [0.2, 0.25) is 0 Å². The van der Waals surface area contributed by atoms with Crippen molar-refractivity contribution in [1.29, 1.82) is 0 Å². The van der Waals surface area contributed by atoms with Gasteiger partial charge in [0.05, 0.1) is 6.26 Å². The van der Waals surface area contributed by atoms with E-state index in [9.17, 15) is 18.0 Å². The summed E-state index contributed by atoms with van der Waals surface area (Å²) in [5.74, 6) is -0.0815. The van der Waals surface area contributed by atoms with Crippen molar-refractivity contribution in [1.82, 2.24) is 0 Å². The Bertz CT molecular complexity index is 405. The van der Waals surface area contributed by atoms with Gasteiger partial charge < -0.3 is 4.74 Å². The molecule has 1 aliphatic rings. The van der Waals surface area contributed by atoms with Gasteiger partial charge in [0, 0.05) is 18.4 Å². The minimum Gasteiger partial charge on any atom is -0.459 e. The van der Waals surface area contributed by atoms with Crippen LogP contribution in [0.1, 0.15) is 32.6 Å². The summed E-state index contributed by atoms with van der Waals surface area (Å²) in [5, 5.41) is 0. The largest absolute Gasteiger partial charge is 0.459 e. The van der Waals surface area contributed by atoms with Gasteiger partial charge >= 0.3 is 5.97 Å². The molecule has 1 aliphatic carbocycles. The zero-order chi connectivity index (χ0) is 14.3. The monoisotopic (exact) mass is 278 g/mol. The van der Waals surface area contributed by atoms with Crippen LogP contribution < -0.4 is 0 Å². The van der Waals surface area contributed by atoms with Crippen LogP contribution in [0, 0.1) is 0 Å². The van der Waals surface area contributed by atoms with Gasteiger partial charge in [-0.25, -0.2) is 4.79 Å². The molecule has 0 aromatic rings. The molecule has 1 N–H and O–H groups in total. The number of esters is 1. The van der Waals surface area contributed by atoms with E-state index in [1.807, 2.05) is 0 Å². The molecule has 7 heteroatoms. The van der Waals surface area contributed by atoms with Crippen molar-refractivity contribution >= 4 is 21.9 Å². The Morgan fingerprint density at radius 2 is 1.78 bits per heavy atom. The summed E-state index contributed by atoms with van der Waals surface area (Å²) in [5.41, 5.74) is 0.414. The maximum absolute atomic E-state index is 11.1. The molecule has 1 fully saturated rings. The highest BCUT2D eigenvalue weighted by Gasteiger charge is 2.21. The third-order valence-electron chi connectivity index (χ3n) is 2.11. The molecule has 1 rings (SSSR count). The van der Waals surface area contributed by atoms with Crippen molar-refractivity contribution in [2.24, 2.45) is 0 Å². The van der Waals surface area contributed by atoms with E-state index in [4.69, 9.17) is 9.29 Å². The van der Waals surface area contributed by atoms with Gasteiger partial charge in [-0.1, -0.05) is 6.58 Å². The van der Waals surface area contributed by atoms with E-state index >= 15 is 0 Å². The van der Waals surface area contributed by atoms with Crippen LogP contribution in [0.15, 0.2) is 12.2 Å². The first-order chi connectivity index (χ1) is 8.09. The van der Waals surface area contributed by atoms with E-state index in [1.54, 1.807) is 6.92 Å². The van der Waals surface area contributed by atoms with E-state index in [0.717, 1.165) is 0 Å². The number of Topliss-reactive ketones (excluding diaryl/α,β-unsaturated/α-hetero) is 1. The second-order valence-electron chi connectivity index (χ2n) is 4.16. The molecule has 0 aromatic heterocycles. The molecule has 0 heterocycles. The second kappa shape index (κ2) is 7.27. The van der Waals surface area contributed by atoms with Crippen molar-refractivity contribution in [3.8, 4) is 0 Å². The average Bonchev–Trinajstić information content (AvgIpc) is 2.18. The number of hydrogen-bond acceptors (Lipinski definition) is 5. The maximum Gasteiger partial charge on any atom is 0.333 e. The predicted molar refractivity (Wildman–Crippen MR) is 65.6 cm³/mol. The topological polar surface area (TPSA) is 97.7 Å². The quantitative estimate of drug-likeness (QED) is 0.462. The number of ketones is 1. The van der Waals surface area contributed by atoms with Gasteiger partial charge in [0.1, 0.15) is 11.9 Å². The van der Waals surface area contributed by atoms with Crippen molar-refractivity contribution in [2.75, 3.05) is 6.26 Å². The molecule has 0 aliphatic heterocycles. The van der Waals surface area contributed by atoms with Crippen molar-refractivity contribution in [3.05, 3.63) is 12.2 Å². The van der Waals surface area contributed by atoms with Gasteiger partial charge in [0.2, 0.25) is 0 Å². The molecule has 0 saturated heterocycles. The first-order valence-electron chi connectivity index (χ1n) is 5.40.